The van der Waals surface area contributed by atoms with E-state index in [-0.39, 0.29) is 0 Å². The minimum Gasteiger partial charge on any atom is -0.312 e. The zero-order chi connectivity index (χ0) is 8.60. The molecule has 0 amide bonds. The topological polar surface area (TPSA) is 12.5 Å². The number of hydrogen-bond acceptors (Lipinski definition) is 2. The van der Waals surface area contributed by atoms with Crippen LogP contribution in [0.25, 0.3) is 0 Å². The lowest BCUT2D eigenvalue weighted by atomic mass is 9.61. The molecule has 2 rings (SSSR count). The maximum absolute atomic E-state index is 5.30. The van der Waals surface area contributed by atoms with Crippen LogP contribution in [0.2, 0.25) is 0 Å². The van der Waals surface area contributed by atoms with Gasteiger partial charge in [-0.3, -0.25) is 0 Å². The van der Waals surface area contributed by atoms with E-state index in [1.165, 1.54) is 38.8 Å². The molecule has 2 fully saturated rings. The lowest BCUT2D eigenvalue weighted by Crippen LogP contribution is -2.48. The van der Waals surface area contributed by atoms with Crippen LogP contribution in [-0.4, -0.2) is 31.1 Å². The summed E-state index contributed by atoms with van der Waals surface area (Å²) in [5.74, 6) is 0. The van der Waals surface area contributed by atoms with Crippen LogP contribution in [-0.2, 0) is 3.07 Å². The smallest absolute Gasteiger partial charge is 0.110 e. The highest BCUT2D eigenvalue weighted by Crippen LogP contribution is 2.50. The second-order valence-corrected chi connectivity index (χ2v) is 4.93. The Morgan fingerprint density at radius 1 is 1.33 bits per heavy atom. The largest absolute Gasteiger partial charge is 0.312 e. The molecule has 1 aliphatic heterocycles. The van der Waals surface area contributed by atoms with Gasteiger partial charge in [-0.05, 0) is 51.2 Å². The summed E-state index contributed by atoms with van der Waals surface area (Å²) in [6.45, 7) is 2.57. The van der Waals surface area contributed by atoms with E-state index in [1.54, 1.807) is 0 Å². The molecular weight excluding hydrogens is 265 g/mol. The molecule has 3 heteroatoms. The number of rotatable bonds is 1. The van der Waals surface area contributed by atoms with Crippen molar-refractivity contribution in [2.75, 3.05) is 20.1 Å². The van der Waals surface area contributed by atoms with E-state index in [2.05, 4.69) is 11.9 Å². The van der Waals surface area contributed by atoms with Crippen molar-refractivity contribution in [3.63, 3.8) is 0 Å². The molecule has 1 saturated carbocycles. The molecule has 70 valence electrons. The van der Waals surface area contributed by atoms with Gasteiger partial charge < -0.3 is 7.97 Å². The highest BCUT2D eigenvalue weighted by atomic mass is 127. The molecule has 0 unspecified atom stereocenters. The predicted octanol–water partition coefficient (Wildman–Crippen LogP) is 2.23. The van der Waals surface area contributed by atoms with Gasteiger partial charge in [-0.1, -0.05) is 0 Å². The second-order valence-electron chi connectivity index (χ2n) is 4.42. The van der Waals surface area contributed by atoms with Crippen LogP contribution in [0.5, 0.6) is 0 Å². The summed E-state index contributed by atoms with van der Waals surface area (Å²) in [7, 11) is 2.22. The molecule has 0 radical (unpaired) electrons. The van der Waals surface area contributed by atoms with E-state index in [9.17, 15) is 0 Å². The van der Waals surface area contributed by atoms with Crippen LogP contribution >= 0.6 is 23.0 Å². The van der Waals surface area contributed by atoms with Crippen LogP contribution < -0.4 is 0 Å². The molecule has 1 aliphatic carbocycles. The normalized spacial score (nSPS) is 30.5. The zero-order valence-corrected chi connectivity index (χ0v) is 9.71. The third-order valence-corrected chi connectivity index (χ3v) is 4.21. The molecule has 0 atom stereocenters. The quantitative estimate of drug-likeness (QED) is 0.683. The summed E-state index contributed by atoms with van der Waals surface area (Å²) in [6.07, 6.45) is 5.96. The summed E-state index contributed by atoms with van der Waals surface area (Å²) in [6, 6.07) is 0. The van der Waals surface area contributed by atoms with Gasteiger partial charge in [0.2, 0.25) is 0 Å². The van der Waals surface area contributed by atoms with Crippen molar-refractivity contribution in [2.24, 2.45) is 5.41 Å². The molecule has 2 nitrogen and oxygen atoms in total. The third kappa shape index (κ3) is 1.63. The van der Waals surface area contributed by atoms with Gasteiger partial charge in [-0.15, -0.1) is 0 Å². The van der Waals surface area contributed by atoms with Crippen LogP contribution in [0.1, 0.15) is 25.7 Å². The Hall–Kier alpha value is 0.650. The van der Waals surface area contributed by atoms with E-state index < -0.39 is 0 Å². The van der Waals surface area contributed by atoms with Gasteiger partial charge in [-0.25, -0.2) is 0 Å². The SMILES string of the molecule is CN1CCC2(CC1)CC(OI)C2. The van der Waals surface area contributed by atoms with Gasteiger partial charge in [0.05, 0.1) is 6.10 Å². The van der Waals surface area contributed by atoms with E-state index in [0.717, 1.165) is 0 Å². The van der Waals surface area contributed by atoms with Gasteiger partial charge >= 0.3 is 0 Å². The van der Waals surface area contributed by atoms with Gasteiger partial charge in [-0.2, -0.15) is 0 Å². The molecule has 1 heterocycles. The fraction of sp³-hybridized carbons (Fsp3) is 1.00. The van der Waals surface area contributed by atoms with Crippen LogP contribution in [0.3, 0.4) is 0 Å². The first-order valence-electron chi connectivity index (χ1n) is 4.70. The van der Waals surface area contributed by atoms with Gasteiger partial charge in [0, 0.05) is 0 Å². The van der Waals surface area contributed by atoms with Crippen molar-refractivity contribution in [2.45, 2.75) is 31.8 Å². The summed E-state index contributed by atoms with van der Waals surface area (Å²) in [5, 5.41) is 0. The molecule has 2 aliphatic rings. The fourth-order valence-electron chi connectivity index (χ4n) is 2.47. The molecule has 1 saturated heterocycles. The molecule has 0 bridgehead atoms. The van der Waals surface area contributed by atoms with E-state index in [0.29, 0.717) is 11.5 Å². The van der Waals surface area contributed by atoms with E-state index >= 15 is 0 Å². The standard InChI is InChI=1S/C9H16INO/c1-11-4-2-9(3-5-11)6-8(7-9)12-10/h8H,2-7H2,1H3. The van der Waals surface area contributed by atoms with Crippen molar-refractivity contribution in [3.05, 3.63) is 0 Å². The van der Waals surface area contributed by atoms with Crippen molar-refractivity contribution < 1.29 is 3.07 Å². The number of hydrogen-bond donors (Lipinski definition) is 0. The fourth-order valence-corrected chi connectivity index (χ4v) is 2.83. The second kappa shape index (κ2) is 3.42. The van der Waals surface area contributed by atoms with Crippen molar-refractivity contribution in [1.29, 1.82) is 0 Å². The Morgan fingerprint density at radius 3 is 2.42 bits per heavy atom. The molecule has 12 heavy (non-hydrogen) atoms. The zero-order valence-electron chi connectivity index (χ0n) is 7.55. The Morgan fingerprint density at radius 2 is 1.92 bits per heavy atom. The number of nitrogens with zero attached hydrogens (tertiary/aromatic N) is 1. The first-order chi connectivity index (χ1) is 5.74. The maximum Gasteiger partial charge on any atom is 0.110 e. The van der Waals surface area contributed by atoms with E-state index in [1.807, 2.05) is 23.0 Å². The minimum atomic E-state index is 0.564. The first-order valence-corrected chi connectivity index (χ1v) is 5.58. The first kappa shape index (κ1) is 9.21. The van der Waals surface area contributed by atoms with Crippen molar-refractivity contribution >= 4 is 23.0 Å². The Bertz CT molecular complexity index is 150. The average molecular weight is 281 g/mol. The molecule has 0 aromatic heterocycles. The highest BCUT2D eigenvalue weighted by molar-refractivity contribution is 14.1. The molecule has 0 aromatic carbocycles. The average Bonchev–Trinajstić information content (AvgIpc) is 2.02. The summed E-state index contributed by atoms with van der Waals surface area (Å²) in [5.41, 5.74) is 0.683. The molecule has 0 N–H and O–H groups in total. The number of halogens is 1. The van der Waals surface area contributed by atoms with Crippen molar-refractivity contribution in [3.8, 4) is 0 Å². The highest BCUT2D eigenvalue weighted by Gasteiger charge is 2.45. The summed E-state index contributed by atoms with van der Waals surface area (Å²) < 4.78 is 5.30. The molecule has 1 spiro atoms. The van der Waals surface area contributed by atoms with Gasteiger partial charge in [0.15, 0.2) is 0 Å². The monoisotopic (exact) mass is 281 g/mol. The lowest BCUT2D eigenvalue weighted by molar-refractivity contribution is -0.0342. The molecular formula is C9H16INO. The minimum absolute atomic E-state index is 0.564. The number of likely N-dealkylation sites (tertiary alicyclic amines) is 1. The summed E-state index contributed by atoms with van der Waals surface area (Å²) >= 11 is 2.04. The van der Waals surface area contributed by atoms with E-state index in [4.69, 9.17) is 3.07 Å². The summed E-state index contributed by atoms with van der Waals surface area (Å²) in [4.78, 5) is 2.43. The third-order valence-electron chi connectivity index (χ3n) is 3.50. The van der Waals surface area contributed by atoms with Crippen molar-refractivity contribution in [1.82, 2.24) is 4.90 Å². The van der Waals surface area contributed by atoms with Crippen LogP contribution in [0.4, 0.5) is 0 Å². The van der Waals surface area contributed by atoms with Gasteiger partial charge in [0.25, 0.3) is 0 Å². The number of piperidine rings is 1. The maximum atomic E-state index is 5.30. The Labute approximate surface area is 88.3 Å². The lowest BCUT2D eigenvalue weighted by Gasteiger charge is -2.50. The van der Waals surface area contributed by atoms with Crippen LogP contribution in [0, 0.1) is 5.41 Å². The van der Waals surface area contributed by atoms with Gasteiger partial charge in [0.1, 0.15) is 23.0 Å². The Balaban J connectivity index is 1.83. The predicted molar refractivity (Wildman–Crippen MR) is 57.3 cm³/mol. The van der Waals surface area contributed by atoms with Crippen LogP contribution in [0.15, 0.2) is 0 Å². The Kier molecular flexibility index (Phi) is 2.63. The molecule has 0 aromatic rings.